The van der Waals surface area contributed by atoms with Crippen LogP contribution in [0.2, 0.25) is 0 Å². The van der Waals surface area contributed by atoms with Crippen LogP contribution in [-0.2, 0) is 32.2 Å². The van der Waals surface area contributed by atoms with Crippen molar-refractivity contribution in [2.24, 2.45) is 0 Å². The predicted molar refractivity (Wildman–Crippen MR) is 174 cm³/mol. The number of fused-ring (bicyclic) bond motifs is 6. The van der Waals surface area contributed by atoms with E-state index in [9.17, 15) is 21.7 Å². The molecule has 2 heterocycles. The number of thiazole rings is 1. The summed E-state index contributed by atoms with van der Waals surface area (Å²) >= 11 is -0.753. The van der Waals surface area contributed by atoms with Gasteiger partial charge in [-0.05, 0) is 47.4 Å². The normalized spacial score (nSPS) is 15.4. The van der Waals surface area contributed by atoms with Crippen LogP contribution in [0.1, 0.15) is 24.8 Å². The van der Waals surface area contributed by atoms with Crippen LogP contribution in [0.4, 0.5) is 5.69 Å². The molecule has 0 bridgehead atoms. The highest BCUT2D eigenvalue weighted by molar-refractivity contribution is 7.85. The number of rotatable bonds is 11. The maximum atomic E-state index is 11.4. The van der Waals surface area contributed by atoms with Gasteiger partial charge in [0.2, 0.25) is 11.4 Å². The highest BCUT2D eigenvalue weighted by Crippen LogP contribution is 2.44. The zero-order valence-corrected chi connectivity index (χ0v) is 26.3. The van der Waals surface area contributed by atoms with E-state index in [1.165, 1.54) is 0 Å². The average Bonchev–Trinajstić information content (AvgIpc) is 3.53. The Labute approximate surface area is 261 Å². The predicted octanol–water partition coefficient (Wildman–Crippen LogP) is 6.12. The number of nitrogens with zero attached hydrogens (tertiary/aromatic N) is 2. The Morgan fingerprint density at radius 1 is 1.07 bits per heavy atom. The number of benzene rings is 4. The van der Waals surface area contributed by atoms with Crippen molar-refractivity contribution in [2.45, 2.75) is 26.3 Å². The molecule has 1 aliphatic heterocycles. The van der Waals surface area contributed by atoms with Crippen molar-refractivity contribution < 1.29 is 35.2 Å². The molecule has 1 aliphatic rings. The summed E-state index contributed by atoms with van der Waals surface area (Å²) < 4.78 is 69.2. The van der Waals surface area contributed by atoms with E-state index in [-0.39, 0.29) is 19.6 Å². The summed E-state index contributed by atoms with van der Waals surface area (Å²) in [5.41, 5.74) is 2.81. The van der Waals surface area contributed by atoms with Crippen molar-refractivity contribution in [3.8, 4) is 5.75 Å². The van der Waals surface area contributed by atoms with Crippen molar-refractivity contribution in [3.05, 3.63) is 95.3 Å². The van der Waals surface area contributed by atoms with Crippen LogP contribution in [0.25, 0.3) is 37.8 Å². The lowest BCUT2D eigenvalue weighted by Crippen LogP contribution is -2.37. The minimum Gasteiger partial charge on any atom is -0.748 e. The van der Waals surface area contributed by atoms with Gasteiger partial charge in [-0.15, -0.1) is 0 Å². The summed E-state index contributed by atoms with van der Waals surface area (Å²) in [5, 5.41) is 5.08. The monoisotopic (exact) mass is 650 g/mol. The van der Waals surface area contributed by atoms with Crippen molar-refractivity contribution >= 4 is 76.3 Å². The zero-order valence-electron chi connectivity index (χ0n) is 23.8. The van der Waals surface area contributed by atoms with Gasteiger partial charge in [0.05, 0.1) is 21.2 Å². The fraction of sp³-hybridized carbons (Fsp3) is 0.219. The molecule has 1 atom stereocenters. The Bertz CT molecular complexity index is 2070. The molecule has 12 heteroatoms. The summed E-state index contributed by atoms with van der Waals surface area (Å²) in [6, 6.07) is 24.1. The molecule has 5 aromatic rings. The van der Waals surface area contributed by atoms with Gasteiger partial charge in [-0.3, -0.25) is 8.74 Å². The smallest absolute Gasteiger partial charge is 0.302 e. The van der Waals surface area contributed by atoms with Crippen molar-refractivity contribution in [1.82, 2.24) is 0 Å². The third-order valence-corrected chi connectivity index (χ3v) is 9.78. The Morgan fingerprint density at radius 2 is 1.77 bits per heavy atom. The zero-order chi connectivity index (χ0) is 30.8. The van der Waals surface area contributed by atoms with Crippen molar-refractivity contribution in [2.75, 3.05) is 23.8 Å². The largest absolute Gasteiger partial charge is 0.748 e. The summed E-state index contributed by atoms with van der Waals surface area (Å²) in [5.74, 6) is 0.738. The van der Waals surface area contributed by atoms with Gasteiger partial charge >= 0.3 is 11.4 Å². The third kappa shape index (κ3) is 6.41. The Morgan fingerprint density at radius 3 is 2.50 bits per heavy atom. The number of ether oxygens (including phenoxy) is 1. The van der Waals surface area contributed by atoms with E-state index in [4.69, 9.17) is 8.92 Å². The molecule has 6 rings (SSSR count). The maximum absolute atomic E-state index is 11.4. The van der Waals surface area contributed by atoms with Crippen LogP contribution in [0.3, 0.4) is 0 Å². The molecule has 1 unspecified atom stereocenters. The number of aromatic nitrogens is 1. The van der Waals surface area contributed by atoms with Gasteiger partial charge in [-0.2, -0.15) is 8.78 Å². The lowest BCUT2D eigenvalue weighted by Gasteiger charge is -2.20. The van der Waals surface area contributed by atoms with Crippen LogP contribution >= 0.6 is 11.3 Å². The molecule has 9 nitrogen and oxygen atoms in total. The SMILES string of the molecule is CCC(=Cc1sc2ccc3ccccc3c2[n+]1CCOS(=O)O)C=C1Oc2ccc3ccccc3c2N1CCCS(=O)(=O)[O-]. The molecule has 1 N–H and O–H groups in total. The number of hydrogen-bond acceptors (Lipinski definition) is 8. The highest BCUT2D eigenvalue weighted by atomic mass is 32.2. The summed E-state index contributed by atoms with van der Waals surface area (Å²) in [6.07, 6.45) is 4.84. The molecule has 0 saturated heterocycles. The molecule has 0 spiro atoms. The average molecular weight is 651 g/mol. The van der Waals surface area contributed by atoms with Gasteiger partial charge in [0, 0.05) is 29.8 Å². The Hall–Kier alpha value is -3.65. The molecule has 44 heavy (non-hydrogen) atoms. The van der Waals surface area contributed by atoms with Crippen molar-refractivity contribution in [3.63, 3.8) is 0 Å². The van der Waals surface area contributed by atoms with E-state index in [0.717, 1.165) is 48.0 Å². The molecule has 228 valence electrons. The number of hydrogen-bond donors (Lipinski definition) is 1. The third-order valence-electron chi connectivity index (χ3n) is 7.53. The first kappa shape index (κ1) is 30.4. The van der Waals surface area contributed by atoms with Gasteiger partial charge in [0.15, 0.2) is 12.3 Å². The van der Waals surface area contributed by atoms with E-state index in [0.29, 0.717) is 24.6 Å². The minimum absolute atomic E-state index is 0.0497. The Kier molecular flexibility index (Phi) is 8.81. The first-order valence-corrected chi connectivity index (χ1v) is 17.6. The van der Waals surface area contributed by atoms with Crippen LogP contribution in [0.15, 0.2) is 90.3 Å². The van der Waals surface area contributed by atoms with Crippen LogP contribution in [0, 0.1) is 0 Å². The maximum Gasteiger partial charge on any atom is 0.302 e. The fourth-order valence-corrected chi connectivity index (χ4v) is 7.45. The van der Waals surface area contributed by atoms with E-state index >= 15 is 0 Å². The van der Waals surface area contributed by atoms with E-state index in [1.54, 1.807) is 11.3 Å². The molecule has 4 aromatic carbocycles. The molecule has 1 aromatic heterocycles. The van der Waals surface area contributed by atoms with E-state index in [2.05, 4.69) is 34.9 Å². The van der Waals surface area contributed by atoms with Crippen LogP contribution in [0.5, 0.6) is 5.75 Å². The van der Waals surface area contributed by atoms with Gasteiger partial charge in [0.1, 0.15) is 11.3 Å². The van der Waals surface area contributed by atoms with E-state index < -0.39 is 27.2 Å². The standard InChI is InChI=1S/C32H30N2O7S3/c1-2-22(21-30-34(17-18-40-43(35)36)32-26-11-6-4-9-24(26)13-15-28(32)42-30)20-29-33(16-7-19-44(37,38)39)31-25-10-5-3-8-23(25)12-14-27(31)41-29/h3-6,8-15,20-21H,2,7,16-19H2,1H3,(H-,35,36,37,38,39). The molecule has 0 saturated carbocycles. The summed E-state index contributed by atoms with van der Waals surface area (Å²) in [7, 11) is -4.36. The fourth-order valence-electron chi connectivity index (χ4n) is 5.57. The second-order valence-corrected chi connectivity index (χ2v) is 13.6. The first-order valence-electron chi connectivity index (χ1n) is 14.1. The lowest BCUT2D eigenvalue weighted by molar-refractivity contribution is -0.668. The van der Waals surface area contributed by atoms with Gasteiger partial charge in [0.25, 0.3) is 5.01 Å². The second kappa shape index (κ2) is 12.8. The van der Waals surface area contributed by atoms with Gasteiger partial charge in [-0.25, -0.2) is 8.42 Å². The topological polar surface area (TPSA) is 120 Å². The lowest BCUT2D eigenvalue weighted by atomic mass is 10.1. The molecule has 0 radical (unpaired) electrons. The Balaban J connectivity index is 1.44. The second-order valence-electron chi connectivity index (χ2n) is 10.3. The first-order chi connectivity index (χ1) is 21.2. The highest BCUT2D eigenvalue weighted by Gasteiger charge is 2.29. The van der Waals surface area contributed by atoms with Crippen LogP contribution < -0.4 is 14.2 Å². The quantitative estimate of drug-likeness (QED) is 0.103. The van der Waals surface area contributed by atoms with Crippen LogP contribution in [-0.4, -0.2) is 40.6 Å². The number of anilines is 1. The van der Waals surface area contributed by atoms with Gasteiger partial charge < -0.3 is 14.2 Å². The molecule has 0 aliphatic carbocycles. The van der Waals surface area contributed by atoms with Crippen molar-refractivity contribution in [1.29, 1.82) is 0 Å². The summed E-state index contributed by atoms with van der Waals surface area (Å²) in [4.78, 5) is 1.95. The molecule has 0 fully saturated rings. The van der Waals surface area contributed by atoms with E-state index in [1.807, 2.05) is 66.4 Å². The molecular weight excluding hydrogens is 621 g/mol. The number of allylic oxidation sites excluding steroid dienone is 2. The molecular formula is C32H30N2O7S3. The summed E-state index contributed by atoms with van der Waals surface area (Å²) in [6.45, 7) is 2.74. The van der Waals surface area contributed by atoms with Gasteiger partial charge in [-0.1, -0.05) is 72.9 Å². The molecule has 0 amide bonds. The minimum atomic E-state index is -4.36.